The minimum absolute atomic E-state index is 0.215. The third kappa shape index (κ3) is 2.48. The Labute approximate surface area is 93.0 Å². The number of hydrogen-bond acceptors (Lipinski definition) is 3. The molecule has 0 fully saturated rings. The number of para-hydroxylation sites is 1. The maximum atomic E-state index is 10.5. The van der Waals surface area contributed by atoms with Crippen LogP contribution < -0.4 is 10.5 Å². The van der Waals surface area contributed by atoms with E-state index in [-0.39, 0.29) is 18.9 Å². The second-order valence-corrected chi connectivity index (χ2v) is 3.43. The van der Waals surface area contributed by atoms with E-state index in [1.165, 1.54) is 0 Å². The van der Waals surface area contributed by atoms with Gasteiger partial charge in [-0.3, -0.25) is 9.78 Å². The van der Waals surface area contributed by atoms with Crippen molar-refractivity contribution in [3.8, 4) is 5.75 Å². The molecule has 2 rings (SSSR count). The van der Waals surface area contributed by atoms with E-state index in [4.69, 9.17) is 10.5 Å². The van der Waals surface area contributed by atoms with E-state index < -0.39 is 0 Å². The third-order valence-electron chi connectivity index (χ3n) is 2.18. The number of ether oxygens (including phenoxy) is 1. The number of fused-ring (bicyclic) bond motifs is 1. The average Bonchev–Trinajstić information content (AvgIpc) is 2.28. The molecule has 0 bridgehead atoms. The Bertz CT molecular complexity index is 511. The molecule has 0 atom stereocenters. The summed E-state index contributed by atoms with van der Waals surface area (Å²) in [6.07, 6.45) is 1.86. The molecule has 0 spiro atoms. The van der Waals surface area contributed by atoms with Gasteiger partial charge in [0.05, 0.1) is 24.7 Å². The summed E-state index contributed by atoms with van der Waals surface area (Å²) in [6.45, 7) is 0.287. The van der Waals surface area contributed by atoms with Gasteiger partial charge in [0.25, 0.3) is 0 Å². The molecular weight excluding hydrogens is 204 g/mol. The number of nitrogens with two attached hydrogens (primary N) is 1. The highest BCUT2D eigenvalue weighted by molar-refractivity contribution is 5.79. The highest BCUT2D eigenvalue weighted by Crippen LogP contribution is 2.17. The third-order valence-corrected chi connectivity index (χ3v) is 2.18. The van der Waals surface area contributed by atoms with Gasteiger partial charge in [0.1, 0.15) is 5.75 Å². The van der Waals surface area contributed by atoms with Crippen molar-refractivity contribution in [1.82, 2.24) is 4.98 Å². The summed E-state index contributed by atoms with van der Waals surface area (Å²) < 4.78 is 5.36. The molecule has 0 aliphatic rings. The Kier molecular flexibility index (Phi) is 3.00. The fourth-order valence-corrected chi connectivity index (χ4v) is 1.40. The van der Waals surface area contributed by atoms with E-state index in [9.17, 15) is 4.79 Å². The number of benzene rings is 1. The summed E-state index contributed by atoms with van der Waals surface area (Å²) in [5, 5.41) is 1.01. The summed E-state index contributed by atoms with van der Waals surface area (Å²) in [6, 6.07) is 9.66. The van der Waals surface area contributed by atoms with Crippen molar-refractivity contribution in [3.05, 3.63) is 36.5 Å². The molecule has 0 saturated heterocycles. The molecule has 1 aromatic carbocycles. The Balaban J connectivity index is 2.10. The molecule has 0 unspecified atom stereocenters. The first kappa shape index (κ1) is 10.4. The number of rotatable bonds is 4. The second-order valence-electron chi connectivity index (χ2n) is 3.43. The lowest BCUT2D eigenvalue weighted by Gasteiger charge is -2.05. The van der Waals surface area contributed by atoms with E-state index in [2.05, 4.69) is 4.98 Å². The lowest BCUT2D eigenvalue weighted by atomic mass is 10.2. The Morgan fingerprint density at radius 3 is 3.00 bits per heavy atom. The van der Waals surface area contributed by atoms with Crippen molar-refractivity contribution >= 4 is 16.8 Å². The minimum atomic E-state index is -0.367. The number of pyridine rings is 1. The van der Waals surface area contributed by atoms with Crippen molar-refractivity contribution in [1.29, 1.82) is 0 Å². The molecule has 1 amide bonds. The summed E-state index contributed by atoms with van der Waals surface area (Å²) in [4.78, 5) is 14.8. The monoisotopic (exact) mass is 216 g/mol. The van der Waals surface area contributed by atoms with E-state index in [1.54, 1.807) is 6.20 Å². The van der Waals surface area contributed by atoms with Crippen LogP contribution in [0.1, 0.15) is 6.42 Å². The van der Waals surface area contributed by atoms with Gasteiger partial charge in [-0.05, 0) is 12.1 Å². The standard InChI is InChI=1S/C12H12N2O2/c13-12(15)5-6-16-10-7-9-3-1-2-4-11(9)14-8-10/h1-4,7-8H,5-6H2,(H2,13,15). The van der Waals surface area contributed by atoms with Crippen molar-refractivity contribution in [2.75, 3.05) is 6.61 Å². The van der Waals surface area contributed by atoms with Crippen molar-refractivity contribution in [2.24, 2.45) is 5.73 Å². The first-order valence-corrected chi connectivity index (χ1v) is 5.01. The van der Waals surface area contributed by atoms with Crippen LogP contribution in [0.2, 0.25) is 0 Å². The van der Waals surface area contributed by atoms with Gasteiger partial charge in [0.15, 0.2) is 0 Å². The van der Waals surface area contributed by atoms with E-state index >= 15 is 0 Å². The zero-order valence-corrected chi connectivity index (χ0v) is 8.72. The zero-order valence-electron chi connectivity index (χ0n) is 8.72. The summed E-state index contributed by atoms with van der Waals surface area (Å²) in [5.74, 6) is 0.286. The number of aromatic nitrogens is 1. The molecular formula is C12H12N2O2. The van der Waals surface area contributed by atoms with Crippen LogP contribution in [0.3, 0.4) is 0 Å². The number of amides is 1. The van der Waals surface area contributed by atoms with E-state index in [0.29, 0.717) is 5.75 Å². The molecule has 16 heavy (non-hydrogen) atoms. The predicted molar refractivity (Wildman–Crippen MR) is 61.0 cm³/mol. The van der Waals surface area contributed by atoms with Gasteiger partial charge in [0.2, 0.25) is 5.91 Å². The fraction of sp³-hybridized carbons (Fsp3) is 0.167. The molecule has 4 heteroatoms. The number of carbonyl (C=O) groups is 1. The van der Waals surface area contributed by atoms with Crippen LogP contribution in [0.25, 0.3) is 10.9 Å². The average molecular weight is 216 g/mol. The Hall–Kier alpha value is -2.10. The van der Waals surface area contributed by atoms with Gasteiger partial charge in [-0.15, -0.1) is 0 Å². The van der Waals surface area contributed by atoms with Crippen LogP contribution in [-0.4, -0.2) is 17.5 Å². The topological polar surface area (TPSA) is 65.2 Å². The van der Waals surface area contributed by atoms with Crippen LogP contribution in [0.4, 0.5) is 0 Å². The SMILES string of the molecule is NC(=O)CCOc1cnc2ccccc2c1. The molecule has 0 aliphatic carbocycles. The molecule has 4 nitrogen and oxygen atoms in total. The van der Waals surface area contributed by atoms with Crippen LogP contribution in [-0.2, 0) is 4.79 Å². The molecule has 2 aromatic rings. The van der Waals surface area contributed by atoms with Crippen LogP contribution >= 0.6 is 0 Å². The smallest absolute Gasteiger partial charge is 0.220 e. The maximum Gasteiger partial charge on any atom is 0.220 e. The van der Waals surface area contributed by atoms with Gasteiger partial charge in [-0.1, -0.05) is 18.2 Å². The highest BCUT2D eigenvalue weighted by atomic mass is 16.5. The van der Waals surface area contributed by atoms with Crippen LogP contribution in [0.15, 0.2) is 36.5 Å². The molecule has 82 valence electrons. The van der Waals surface area contributed by atoms with Crippen molar-refractivity contribution < 1.29 is 9.53 Å². The van der Waals surface area contributed by atoms with Gasteiger partial charge < -0.3 is 10.5 Å². The molecule has 0 saturated carbocycles. The normalized spacial score (nSPS) is 10.2. The first-order valence-electron chi connectivity index (χ1n) is 5.01. The quantitative estimate of drug-likeness (QED) is 0.842. The number of carbonyl (C=O) groups excluding carboxylic acids is 1. The van der Waals surface area contributed by atoms with Crippen molar-refractivity contribution in [3.63, 3.8) is 0 Å². The zero-order chi connectivity index (χ0) is 11.4. The second kappa shape index (κ2) is 4.61. The number of nitrogens with zero attached hydrogens (tertiary/aromatic N) is 1. The van der Waals surface area contributed by atoms with E-state index in [1.807, 2.05) is 30.3 Å². The summed E-state index contributed by atoms with van der Waals surface area (Å²) in [5.41, 5.74) is 5.93. The van der Waals surface area contributed by atoms with Gasteiger partial charge in [-0.2, -0.15) is 0 Å². The van der Waals surface area contributed by atoms with Crippen molar-refractivity contribution in [2.45, 2.75) is 6.42 Å². The van der Waals surface area contributed by atoms with E-state index in [0.717, 1.165) is 10.9 Å². The largest absolute Gasteiger partial charge is 0.491 e. The summed E-state index contributed by atoms with van der Waals surface area (Å²) in [7, 11) is 0. The Morgan fingerprint density at radius 1 is 1.38 bits per heavy atom. The first-order chi connectivity index (χ1) is 7.75. The number of hydrogen-bond donors (Lipinski definition) is 1. The fourth-order valence-electron chi connectivity index (χ4n) is 1.40. The molecule has 1 heterocycles. The van der Waals surface area contributed by atoms with Gasteiger partial charge in [0, 0.05) is 5.39 Å². The van der Waals surface area contributed by atoms with Crippen LogP contribution in [0.5, 0.6) is 5.75 Å². The maximum absolute atomic E-state index is 10.5. The molecule has 0 radical (unpaired) electrons. The highest BCUT2D eigenvalue weighted by Gasteiger charge is 1.99. The minimum Gasteiger partial charge on any atom is -0.491 e. The lowest BCUT2D eigenvalue weighted by molar-refractivity contribution is -0.118. The molecule has 0 aliphatic heterocycles. The summed E-state index contributed by atoms with van der Waals surface area (Å²) >= 11 is 0. The Morgan fingerprint density at radius 2 is 2.19 bits per heavy atom. The predicted octanol–water partition coefficient (Wildman–Crippen LogP) is 1.49. The van der Waals surface area contributed by atoms with Crippen LogP contribution in [0, 0.1) is 0 Å². The van der Waals surface area contributed by atoms with Gasteiger partial charge in [-0.25, -0.2) is 0 Å². The lowest BCUT2D eigenvalue weighted by Crippen LogP contribution is -2.14. The number of primary amides is 1. The van der Waals surface area contributed by atoms with Gasteiger partial charge >= 0.3 is 0 Å². The molecule has 2 N–H and O–H groups in total. The molecule has 1 aromatic heterocycles.